The van der Waals surface area contributed by atoms with Gasteiger partial charge in [0.2, 0.25) is 0 Å². The number of nitrogens with zero attached hydrogens (tertiary/aromatic N) is 3. The molecule has 1 aromatic heterocycles. The van der Waals surface area contributed by atoms with Gasteiger partial charge in [-0.2, -0.15) is 5.26 Å². The van der Waals surface area contributed by atoms with E-state index in [2.05, 4.69) is 4.98 Å². The van der Waals surface area contributed by atoms with Gasteiger partial charge in [-0.15, -0.1) is 11.6 Å². The SMILES string of the molecule is N#Cc1c(F)cccc1-n1c(CCl)nc2ccc(F)cc21. The molecular weight excluding hydrogens is 296 g/mol. The maximum Gasteiger partial charge on any atom is 0.143 e. The number of alkyl halides is 1. The van der Waals surface area contributed by atoms with Crippen molar-refractivity contribution >= 4 is 22.6 Å². The molecule has 3 rings (SSSR count). The van der Waals surface area contributed by atoms with Crippen molar-refractivity contribution in [1.82, 2.24) is 9.55 Å². The Bertz CT molecular complexity index is 880. The van der Waals surface area contributed by atoms with E-state index in [0.717, 1.165) is 0 Å². The van der Waals surface area contributed by atoms with Crippen molar-refractivity contribution in [3.8, 4) is 11.8 Å². The van der Waals surface area contributed by atoms with Crippen LogP contribution < -0.4 is 0 Å². The largest absolute Gasteiger partial charge is 0.294 e. The molecule has 0 amide bonds. The summed E-state index contributed by atoms with van der Waals surface area (Å²) in [6.45, 7) is 0. The predicted molar refractivity (Wildman–Crippen MR) is 75.3 cm³/mol. The lowest BCUT2D eigenvalue weighted by Crippen LogP contribution is -2.03. The van der Waals surface area contributed by atoms with E-state index in [-0.39, 0.29) is 11.4 Å². The molecule has 0 aliphatic heterocycles. The molecule has 0 unspecified atom stereocenters. The van der Waals surface area contributed by atoms with Crippen LogP contribution in [-0.2, 0) is 5.88 Å². The van der Waals surface area contributed by atoms with E-state index in [0.29, 0.717) is 22.5 Å². The number of imidazole rings is 1. The molecule has 0 aliphatic carbocycles. The van der Waals surface area contributed by atoms with Crippen LogP contribution in [0.2, 0.25) is 0 Å². The molecule has 0 bridgehead atoms. The summed E-state index contributed by atoms with van der Waals surface area (Å²) in [5, 5.41) is 9.16. The van der Waals surface area contributed by atoms with Crippen LogP contribution in [0.3, 0.4) is 0 Å². The highest BCUT2D eigenvalue weighted by Crippen LogP contribution is 2.26. The number of hydrogen-bond donors (Lipinski definition) is 0. The Labute approximate surface area is 124 Å². The van der Waals surface area contributed by atoms with Gasteiger partial charge in [0.15, 0.2) is 0 Å². The number of nitriles is 1. The Morgan fingerprint density at radius 3 is 2.76 bits per heavy atom. The molecule has 1 heterocycles. The Morgan fingerprint density at radius 1 is 1.24 bits per heavy atom. The number of rotatable bonds is 2. The summed E-state index contributed by atoms with van der Waals surface area (Å²) in [5.41, 5.74) is 1.13. The third-order valence-corrected chi connectivity index (χ3v) is 3.39. The van der Waals surface area contributed by atoms with Crippen LogP contribution in [0.1, 0.15) is 11.4 Å². The molecule has 2 aromatic carbocycles. The lowest BCUT2D eigenvalue weighted by molar-refractivity contribution is 0.622. The second kappa shape index (κ2) is 5.15. The molecule has 0 saturated heterocycles. The minimum absolute atomic E-state index is 0.0533. The van der Waals surface area contributed by atoms with E-state index in [9.17, 15) is 8.78 Å². The first kappa shape index (κ1) is 13.5. The zero-order chi connectivity index (χ0) is 15.0. The molecule has 21 heavy (non-hydrogen) atoms. The molecule has 3 aromatic rings. The summed E-state index contributed by atoms with van der Waals surface area (Å²) >= 11 is 5.87. The molecule has 104 valence electrons. The van der Waals surface area contributed by atoms with E-state index in [1.165, 1.54) is 34.9 Å². The molecule has 3 nitrogen and oxygen atoms in total. The molecule has 0 fully saturated rings. The van der Waals surface area contributed by atoms with Crippen molar-refractivity contribution < 1.29 is 8.78 Å². The summed E-state index contributed by atoms with van der Waals surface area (Å²) in [4.78, 5) is 4.29. The van der Waals surface area contributed by atoms with E-state index in [4.69, 9.17) is 16.9 Å². The molecule has 0 spiro atoms. The molecule has 6 heteroatoms. The van der Waals surface area contributed by atoms with Gasteiger partial charge in [-0.25, -0.2) is 13.8 Å². The maximum atomic E-state index is 13.8. The smallest absolute Gasteiger partial charge is 0.143 e. The van der Waals surface area contributed by atoms with E-state index >= 15 is 0 Å². The van der Waals surface area contributed by atoms with Gasteiger partial charge in [-0.05, 0) is 24.3 Å². The monoisotopic (exact) mass is 303 g/mol. The number of halogens is 3. The van der Waals surface area contributed by atoms with Crippen molar-refractivity contribution in [1.29, 1.82) is 5.26 Å². The van der Waals surface area contributed by atoms with Crippen LogP contribution in [0.4, 0.5) is 8.78 Å². The lowest BCUT2D eigenvalue weighted by atomic mass is 10.1. The zero-order valence-electron chi connectivity index (χ0n) is 10.6. The van der Waals surface area contributed by atoms with Gasteiger partial charge in [-0.1, -0.05) is 6.07 Å². The third-order valence-electron chi connectivity index (χ3n) is 3.15. The Kier molecular flexibility index (Phi) is 3.32. The number of hydrogen-bond acceptors (Lipinski definition) is 2. The number of fused-ring (bicyclic) bond motifs is 1. The van der Waals surface area contributed by atoms with E-state index < -0.39 is 11.6 Å². The van der Waals surface area contributed by atoms with Crippen LogP contribution in [0.5, 0.6) is 0 Å². The summed E-state index contributed by atoms with van der Waals surface area (Å²) in [7, 11) is 0. The fourth-order valence-corrected chi connectivity index (χ4v) is 2.45. The van der Waals surface area contributed by atoms with Crippen molar-refractivity contribution in [3.63, 3.8) is 0 Å². The molecular formula is C15H8ClF2N3. The molecule has 0 N–H and O–H groups in total. The van der Waals surface area contributed by atoms with Gasteiger partial charge in [0.1, 0.15) is 29.1 Å². The van der Waals surface area contributed by atoms with E-state index in [1.807, 2.05) is 6.07 Å². The minimum atomic E-state index is -0.645. The van der Waals surface area contributed by atoms with Crippen LogP contribution in [0, 0.1) is 23.0 Å². The summed E-state index contributed by atoms with van der Waals surface area (Å²) in [5.74, 6) is -0.620. The lowest BCUT2D eigenvalue weighted by Gasteiger charge is -2.10. The van der Waals surface area contributed by atoms with Crippen molar-refractivity contribution in [3.05, 3.63) is 59.4 Å². The quantitative estimate of drug-likeness (QED) is 0.673. The highest BCUT2D eigenvalue weighted by molar-refractivity contribution is 6.17. The van der Waals surface area contributed by atoms with Gasteiger partial charge in [-0.3, -0.25) is 4.57 Å². The Morgan fingerprint density at radius 2 is 2.05 bits per heavy atom. The molecule has 0 radical (unpaired) electrons. The predicted octanol–water partition coefficient (Wildman–Crippen LogP) is 3.91. The molecule has 0 atom stereocenters. The van der Waals surface area contributed by atoms with Crippen LogP contribution >= 0.6 is 11.6 Å². The average Bonchev–Trinajstić information content (AvgIpc) is 2.84. The second-order valence-electron chi connectivity index (χ2n) is 4.38. The normalized spacial score (nSPS) is 10.8. The maximum absolute atomic E-state index is 13.8. The fraction of sp³-hybridized carbons (Fsp3) is 0.0667. The van der Waals surface area contributed by atoms with Crippen molar-refractivity contribution in [2.24, 2.45) is 0 Å². The highest BCUT2D eigenvalue weighted by Gasteiger charge is 2.17. The summed E-state index contributed by atoms with van der Waals surface area (Å²) < 4.78 is 28.8. The third kappa shape index (κ3) is 2.14. The van der Waals surface area contributed by atoms with Gasteiger partial charge < -0.3 is 0 Å². The van der Waals surface area contributed by atoms with Gasteiger partial charge in [0, 0.05) is 6.07 Å². The van der Waals surface area contributed by atoms with Crippen LogP contribution in [-0.4, -0.2) is 9.55 Å². The van der Waals surface area contributed by atoms with Crippen molar-refractivity contribution in [2.45, 2.75) is 5.88 Å². The summed E-state index contributed by atoms with van der Waals surface area (Å²) in [6, 6.07) is 10.2. The van der Waals surface area contributed by atoms with Gasteiger partial charge in [0.25, 0.3) is 0 Å². The fourth-order valence-electron chi connectivity index (χ4n) is 2.27. The summed E-state index contributed by atoms with van der Waals surface area (Å²) in [6.07, 6.45) is 0. The number of benzene rings is 2. The Balaban J connectivity index is 2.42. The first-order valence-corrected chi connectivity index (χ1v) is 6.61. The first-order valence-electron chi connectivity index (χ1n) is 6.07. The van der Waals surface area contributed by atoms with E-state index in [1.54, 1.807) is 6.07 Å². The topological polar surface area (TPSA) is 41.6 Å². The van der Waals surface area contributed by atoms with Crippen LogP contribution in [0.25, 0.3) is 16.7 Å². The Hall–Kier alpha value is -2.45. The second-order valence-corrected chi connectivity index (χ2v) is 4.64. The van der Waals surface area contributed by atoms with Crippen LogP contribution in [0.15, 0.2) is 36.4 Å². The van der Waals surface area contributed by atoms with Crippen molar-refractivity contribution in [2.75, 3.05) is 0 Å². The highest BCUT2D eigenvalue weighted by atomic mass is 35.5. The zero-order valence-corrected chi connectivity index (χ0v) is 11.4. The number of aromatic nitrogens is 2. The van der Waals surface area contributed by atoms with Gasteiger partial charge in [0.05, 0.1) is 22.6 Å². The molecule has 0 aliphatic rings. The first-order chi connectivity index (χ1) is 10.2. The standard InChI is InChI=1S/C15H8ClF2N3/c16-7-15-20-12-5-4-9(17)6-14(12)21(15)13-3-1-2-11(18)10(13)8-19/h1-6H,7H2. The average molecular weight is 304 g/mol. The van der Waals surface area contributed by atoms with Gasteiger partial charge >= 0.3 is 0 Å². The molecule has 0 saturated carbocycles. The minimum Gasteiger partial charge on any atom is -0.294 e.